The van der Waals surface area contributed by atoms with E-state index in [0.717, 1.165) is 32.1 Å². The Morgan fingerprint density at radius 1 is 1.39 bits per heavy atom. The molecule has 0 spiro atoms. The minimum Gasteiger partial charge on any atom is -0.481 e. The Morgan fingerprint density at radius 2 is 2.06 bits per heavy atom. The van der Waals surface area contributed by atoms with E-state index in [-0.39, 0.29) is 23.9 Å². The molecule has 0 aliphatic heterocycles. The molecule has 18 heavy (non-hydrogen) atoms. The maximum Gasteiger partial charge on any atom is 0.306 e. The molecule has 0 fully saturated rings. The zero-order valence-electron chi connectivity index (χ0n) is 11.7. The van der Waals surface area contributed by atoms with Crippen LogP contribution in [-0.2, 0) is 4.79 Å². The van der Waals surface area contributed by atoms with Gasteiger partial charge in [-0.25, -0.2) is 0 Å². The van der Waals surface area contributed by atoms with Crippen LogP contribution < -0.4 is 0 Å². The first-order chi connectivity index (χ1) is 8.41. The molecule has 0 aromatic carbocycles. The second-order valence-corrected chi connectivity index (χ2v) is 5.83. The van der Waals surface area contributed by atoms with Gasteiger partial charge in [-0.1, -0.05) is 25.5 Å². The van der Waals surface area contributed by atoms with Gasteiger partial charge in [0.05, 0.1) is 12.0 Å². The molecule has 0 saturated carbocycles. The second-order valence-electron chi connectivity index (χ2n) is 5.83. The van der Waals surface area contributed by atoms with Gasteiger partial charge in [0, 0.05) is 0 Å². The molecule has 3 unspecified atom stereocenters. The summed E-state index contributed by atoms with van der Waals surface area (Å²) in [6, 6.07) is 0. The van der Waals surface area contributed by atoms with Crippen molar-refractivity contribution in [3.8, 4) is 0 Å². The third-order valence-corrected chi connectivity index (χ3v) is 4.36. The summed E-state index contributed by atoms with van der Waals surface area (Å²) in [4.78, 5) is 11.1. The number of allylic oxidation sites excluding steroid dienone is 1. The van der Waals surface area contributed by atoms with E-state index in [4.69, 9.17) is 5.11 Å². The molecule has 1 aliphatic rings. The largest absolute Gasteiger partial charge is 0.481 e. The van der Waals surface area contributed by atoms with E-state index in [1.54, 1.807) is 6.92 Å². The minimum atomic E-state index is -0.702. The maximum atomic E-state index is 11.1. The summed E-state index contributed by atoms with van der Waals surface area (Å²) in [5, 5.41) is 19.1. The Morgan fingerprint density at radius 3 is 2.67 bits per heavy atom. The summed E-state index contributed by atoms with van der Waals surface area (Å²) >= 11 is 0. The van der Waals surface area contributed by atoms with Crippen LogP contribution in [0, 0.1) is 17.8 Å². The SMILES string of the molecule is C/C1=C\CC(O)[C@@H](C)CCC(C(C)C(=O)O)CC1. The highest BCUT2D eigenvalue weighted by Crippen LogP contribution is 2.29. The van der Waals surface area contributed by atoms with Gasteiger partial charge in [0.2, 0.25) is 0 Å². The summed E-state index contributed by atoms with van der Waals surface area (Å²) in [5.74, 6) is -0.525. The van der Waals surface area contributed by atoms with Gasteiger partial charge < -0.3 is 10.2 Å². The highest BCUT2D eigenvalue weighted by atomic mass is 16.4. The van der Waals surface area contributed by atoms with Crippen LogP contribution in [0.3, 0.4) is 0 Å². The third kappa shape index (κ3) is 4.45. The normalized spacial score (nSPS) is 35.3. The first-order valence-electron chi connectivity index (χ1n) is 6.98. The molecule has 1 aliphatic carbocycles. The first-order valence-corrected chi connectivity index (χ1v) is 6.98. The maximum absolute atomic E-state index is 11.1. The number of aliphatic carboxylic acids is 1. The lowest BCUT2D eigenvalue weighted by Crippen LogP contribution is -2.24. The summed E-state index contributed by atoms with van der Waals surface area (Å²) in [6.07, 6.45) is 6.25. The molecular weight excluding hydrogens is 228 g/mol. The van der Waals surface area contributed by atoms with Gasteiger partial charge in [0.25, 0.3) is 0 Å². The van der Waals surface area contributed by atoms with Gasteiger partial charge in [-0.2, -0.15) is 0 Å². The van der Waals surface area contributed by atoms with Gasteiger partial charge in [0.15, 0.2) is 0 Å². The lowest BCUT2D eigenvalue weighted by Gasteiger charge is -2.26. The van der Waals surface area contributed by atoms with Crippen LogP contribution in [0.5, 0.6) is 0 Å². The Bertz CT molecular complexity index is 309. The lowest BCUT2D eigenvalue weighted by atomic mass is 9.81. The highest BCUT2D eigenvalue weighted by Gasteiger charge is 2.25. The van der Waals surface area contributed by atoms with Gasteiger partial charge in [-0.15, -0.1) is 0 Å². The molecule has 3 heteroatoms. The molecule has 3 nitrogen and oxygen atoms in total. The molecule has 0 radical (unpaired) electrons. The van der Waals surface area contributed by atoms with Crippen LogP contribution in [-0.4, -0.2) is 22.3 Å². The van der Waals surface area contributed by atoms with E-state index in [9.17, 15) is 9.90 Å². The lowest BCUT2D eigenvalue weighted by molar-refractivity contribution is -0.143. The number of hydrogen-bond donors (Lipinski definition) is 2. The molecule has 0 saturated heterocycles. The van der Waals surface area contributed by atoms with Crippen molar-refractivity contribution in [1.29, 1.82) is 0 Å². The van der Waals surface area contributed by atoms with Crippen molar-refractivity contribution >= 4 is 5.97 Å². The van der Waals surface area contributed by atoms with Gasteiger partial charge in [0.1, 0.15) is 0 Å². The van der Waals surface area contributed by atoms with Crippen molar-refractivity contribution in [3.63, 3.8) is 0 Å². The summed E-state index contributed by atoms with van der Waals surface area (Å²) in [5.41, 5.74) is 1.27. The number of carbonyl (C=O) groups is 1. The fraction of sp³-hybridized carbons (Fsp3) is 0.800. The van der Waals surface area contributed by atoms with Crippen molar-refractivity contribution in [2.75, 3.05) is 0 Å². The fourth-order valence-electron chi connectivity index (χ4n) is 2.58. The number of aliphatic hydroxyl groups is 1. The molecule has 2 N–H and O–H groups in total. The summed E-state index contributed by atoms with van der Waals surface area (Å²) in [7, 11) is 0. The predicted octanol–water partition coefficient (Wildman–Crippen LogP) is 3.23. The molecule has 0 heterocycles. The van der Waals surface area contributed by atoms with Gasteiger partial charge >= 0.3 is 5.97 Å². The second kappa shape index (κ2) is 6.93. The molecule has 1 rings (SSSR count). The topological polar surface area (TPSA) is 57.5 Å². The van der Waals surface area contributed by atoms with Crippen LogP contribution in [0.25, 0.3) is 0 Å². The number of hydrogen-bond acceptors (Lipinski definition) is 2. The van der Waals surface area contributed by atoms with Crippen LogP contribution in [0.4, 0.5) is 0 Å². The summed E-state index contributed by atoms with van der Waals surface area (Å²) in [6.45, 7) is 5.93. The molecule has 0 aromatic heterocycles. The third-order valence-electron chi connectivity index (χ3n) is 4.36. The quantitative estimate of drug-likeness (QED) is 0.744. The van der Waals surface area contributed by atoms with E-state index in [1.807, 2.05) is 0 Å². The summed E-state index contributed by atoms with van der Waals surface area (Å²) < 4.78 is 0. The molecule has 0 amide bonds. The number of carboxylic acid groups (broad SMARTS) is 1. The first kappa shape index (κ1) is 15.2. The van der Waals surface area contributed by atoms with Gasteiger partial charge in [-0.3, -0.25) is 4.79 Å². The average Bonchev–Trinajstić information content (AvgIpc) is 2.33. The van der Waals surface area contributed by atoms with Crippen molar-refractivity contribution in [1.82, 2.24) is 0 Å². The Kier molecular flexibility index (Phi) is 5.86. The molecular formula is C15H26O3. The minimum absolute atomic E-state index is 0.221. The van der Waals surface area contributed by atoms with E-state index >= 15 is 0 Å². The molecule has 0 aromatic rings. The van der Waals surface area contributed by atoms with E-state index in [1.165, 1.54) is 5.57 Å². The average molecular weight is 254 g/mol. The van der Waals surface area contributed by atoms with Crippen LogP contribution in [0.2, 0.25) is 0 Å². The van der Waals surface area contributed by atoms with Gasteiger partial charge in [-0.05, 0) is 50.9 Å². The number of aliphatic hydroxyl groups excluding tert-OH is 1. The fourth-order valence-corrected chi connectivity index (χ4v) is 2.58. The number of rotatable bonds is 2. The predicted molar refractivity (Wildman–Crippen MR) is 72.3 cm³/mol. The van der Waals surface area contributed by atoms with Crippen molar-refractivity contribution < 1.29 is 15.0 Å². The van der Waals surface area contributed by atoms with Crippen LogP contribution >= 0.6 is 0 Å². The van der Waals surface area contributed by atoms with Crippen LogP contribution in [0.15, 0.2) is 11.6 Å². The number of carboxylic acids is 1. The Hall–Kier alpha value is -0.830. The Balaban J connectivity index is 2.74. The monoisotopic (exact) mass is 254 g/mol. The van der Waals surface area contributed by atoms with Crippen molar-refractivity contribution in [2.45, 2.75) is 59.0 Å². The van der Waals surface area contributed by atoms with E-state index < -0.39 is 5.97 Å². The smallest absolute Gasteiger partial charge is 0.306 e. The molecule has 4 atom stereocenters. The molecule has 104 valence electrons. The standard InChI is InChI=1S/C15H26O3/c1-10-4-7-13(12(3)15(17)18)8-6-11(2)14(16)9-5-10/h5,11-14,16H,4,6-9H2,1-3H3,(H,17,18)/b10-5+/t11-,12?,13?,14?/m0/s1. The van der Waals surface area contributed by atoms with Crippen LogP contribution in [0.1, 0.15) is 52.9 Å². The van der Waals surface area contributed by atoms with Crippen molar-refractivity contribution in [2.24, 2.45) is 17.8 Å². The van der Waals surface area contributed by atoms with Crippen molar-refractivity contribution in [3.05, 3.63) is 11.6 Å². The van der Waals surface area contributed by atoms with E-state index in [0.29, 0.717) is 0 Å². The zero-order valence-corrected chi connectivity index (χ0v) is 11.7. The Labute approximate surface area is 110 Å². The van der Waals surface area contributed by atoms with E-state index in [2.05, 4.69) is 19.9 Å². The zero-order chi connectivity index (χ0) is 13.7. The molecule has 0 bridgehead atoms. The highest BCUT2D eigenvalue weighted by molar-refractivity contribution is 5.69.